The van der Waals surface area contributed by atoms with Gasteiger partial charge < -0.3 is 15.2 Å². The maximum absolute atomic E-state index is 13.1. The third kappa shape index (κ3) is 2.06. The minimum Gasteiger partial charge on any atom is -0.339 e. The van der Waals surface area contributed by atoms with Crippen molar-refractivity contribution in [2.75, 3.05) is 24.5 Å². The Balaban J connectivity index is 1.94. The van der Waals surface area contributed by atoms with Crippen molar-refractivity contribution in [3.8, 4) is 0 Å². The normalized spacial score (nSPS) is 19.4. The lowest BCUT2D eigenvalue weighted by Gasteiger charge is -2.38. The molecule has 0 radical (unpaired) electrons. The van der Waals surface area contributed by atoms with Gasteiger partial charge in [-0.3, -0.25) is 0 Å². The zero-order valence-electron chi connectivity index (χ0n) is 10.6. The highest BCUT2D eigenvalue weighted by molar-refractivity contribution is 5.77. The number of hydrogen-bond donors (Lipinski definition) is 2. The average Bonchev–Trinajstić information content (AvgIpc) is 2.70. The average molecular weight is 248 g/mol. The highest BCUT2D eigenvalue weighted by Gasteiger charge is 2.27. The van der Waals surface area contributed by atoms with Gasteiger partial charge in [-0.2, -0.15) is 0 Å². The molecule has 1 fully saturated rings. The lowest BCUT2D eigenvalue weighted by atomic mass is 10.0. The van der Waals surface area contributed by atoms with Crippen molar-refractivity contribution < 1.29 is 4.39 Å². The minimum atomic E-state index is -0.238. The van der Waals surface area contributed by atoms with E-state index >= 15 is 0 Å². The number of piperazine rings is 1. The summed E-state index contributed by atoms with van der Waals surface area (Å²) >= 11 is 0. The van der Waals surface area contributed by atoms with Crippen molar-refractivity contribution in [2.45, 2.75) is 19.4 Å². The number of rotatable bonds is 1. The van der Waals surface area contributed by atoms with E-state index in [9.17, 15) is 4.39 Å². The Morgan fingerprint density at radius 2 is 2.22 bits per heavy atom. The molecule has 0 saturated carbocycles. The van der Waals surface area contributed by atoms with Crippen LogP contribution in [0.5, 0.6) is 0 Å². The van der Waals surface area contributed by atoms with Crippen LogP contribution in [-0.2, 0) is 0 Å². The van der Waals surface area contributed by atoms with Crippen LogP contribution in [0.1, 0.15) is 13.8 Å². The first-order valence-electron chi connectivity index (χ1n) is 6.19. The minimum absolute atomic E-state index is 0.0719. The van der Waals surface area contributed by atoms with Gasteiger partial charge in [0, 0.05) is 25.2 Å². The summed E-state index contributed by atoms with van der Waals surface area (Å²) < 4.78 is 13.1. The summed E-state index contributed by atoms with van der Waals surface area (Å²) in [5.41, 5.74) is 1.63. The molecule has 0 spiro atoms. The Morgan fingerprint density at radius 3 is 3.00 bits per heavy atom. The number of imidazole rings is 1. The standard InChI is InChI=1S/C13H17FN4/c1-13(2)8-18(6-5-15-13)12-16-10-4-3-9(14)7-11(10)17-12/h3-4,7,15H,5-6,8H2,1-2H3,(H,16,17). The molecule has 1 aromatic heterocycles. The predicted molar refractivity (Wildman–Crippen MR) is 70.3 cm³/mol. The van der Waals surface area contributed by atoms with Gasteiger partial charge in [-0.05, 0) is 32.0 Å². The van der Waals surface area contributed by atoms with Crippen LogP contribution < -0.4 is 10.2 Å². The molecule has 2 heterocycles. The Kier molecular flexibility index (Phi) is 2.52. The lowest BCUT2D eigenvalue weighted by molar-refractivity contribution is 0.351. The SMILES string of the molecule is CC1(C)CN(c2nc3ccc(F)cc3[nH]2)CCN1. The van der Waals surface area contributed by atoms with Gasteiger partial charge in [0.25, 0.3) is 0 Å². The molecule has 1 aliphatic heterocycles. The zero-order valence-corrected chi connectivity index (χ0v) is 10.6. The van der Waals surface area contributed by atoms with Crippen LogP contribution in [0.4, 0.5) is 10.3 Å². The van der Waals surface area contributed by atoms with Gasteiger partial charge in [0.15, 0.2) is 0 Å². The number of hydrogen-bond acceptors (Lipinski definition) is 3. The van der Waals surface area contributed by atoms with Crippen LogP contribution in [0.2, 0.25) is 0 Å². The van der Waals surface area contributed by atoms with Gasteiger partial charge in [-0.1, -0.05) is 0 Å². The fraction of sp³-hybridized carbons (Fsp3) is 0.462. The monoisotopic (exact) mass is 248 g/mol. The van der Waals surface area contributed by atoms with E-state index in [2.05, 4.69) is 34.0 Å². The van der Waals surface area contributed by atoms with E-state index in [1.165, 1.54) is 12.1 Å². The molecule has 4 nitrogen and oxygen atoms in total. The fourth-order valence-corrected chi connectivity index (χ4v) is 2.44. The Bertz CT molecular complexity index is 575. The number of aromatic nitrogens is 2. The molecule has 2 N–H and O–H groups in total. The zero-order chi connectivity index (χ0) is 12.8. The van der Waals surface area contributed by atoms with Gasteiger partial charge in [0.2, 0.25) is 5.95 Å². The number of nitrogens with zero attached hydrogens (tertiary/aromatic N) is 2. The topological polar surface area (TPSA) is 44.0 Å². The molecule has 1 aromatic carbocycles. The van der Waals surface area contributed by atoms with Crippen molar-refractivity contribution >= 4 is 17.0 Å². The highest BCUT2D eigenvalue weighted by atomic mass is 19.1. The molecule has 0 aliphatic carbocycles. The number of H-pyrrole nitrogens is 1. The molecule has 96 valence electrons. The van der Waals surface area contributed by atoms with Crippen LogP contribution in [0.15, 0.2) is 18.2 Å². The number of halogens is 1. The van der Waals surface area contributed by atoms with Crippen molar-refractivity contribution in [3.63, 3.8) is 0 Å². The number of aromatic amines is 1. The van der Waals surface area contributed by atoms with E-state index in [1.54, 1.807) is 6.07 Å². The Morgan fingerprint density at radius 1 is 1.39 bits per heavy atom. The molecule has 1 aliphatic rings. The van der Waals surface area contributed by atoms with Gasteiger partial charge in [0.1, 0.15) is 5.82 Å². The highest BCUT2D eigenvalue weighted by Crippen LogP contribution is 2.21. The third-order valence-electron chi connectivity index (χ3n) is 3.30. The molecule has 2 aromatic rings. The first-order chi connectivity index (χ1) is 8.53. The van der Waals surface area contributed by atoms with Crippen molar-refractivity contribution in [1.82, 2.24) is 15.3 Å². The molecule has 1 saturated heterocycles. The van der Waals surface area contributed by atoms with Crippen molar-refractivity contribution in [1.29, 1.82) is 0 Å². The Labute approximate surface area is 105 Å². The number of nitrogens with one attached hydrogen (secondary N) is 2. The van der Waals surface area contributed by atoms with E-state index in [0.717, 1.165) is 36.6 Å². The third-order valence-corrected chi connectivity index (χ3v) is 3.30. The van der Waals surface area contributed by atoms with Gasteiger partial charge in [-0.25, -0.2) is 9.37 Å². The smallest absolute Gasteiger partial charge is 0.203 e. The number of fused-ring (bicyclic) bond motifs is 1. The second-order valence-electron chi connectivity index (χ2n) is 5.45. The van der Waals surface area contributed by atoms with E-state index in [0.29, 0.717) is 0 Å². The molecule has 0 atom stereocenters. The fourth-order valence-electron chi connectivity index (χ4n) is 2.44. The van der Waals surface area contributed by atoms with Crippen LogP contribution in [-0.4, -0.2) is 35.1 Å². The van der Waals surface area contributed by atoms with E-state index in [1.807, 2.05) is 0 Å². The van der Waals surface area contributed by atoms with Crippen LogP contribution in [0, 0.1) is 5.82 Å². The largest absolute Gasteiger partial charge is 0.339 e. The summed E-state index contributed by atoms with van der Waals surface area (Å²) in [6.45, 7) is 7.06. The molecule has 0 amide bonds. The van der Waals surface area contributed by atoms with Crippen LogP contribution in [0.25, 0.3) is 11.0 Å². The quantitative estimate of drug-likeness (QED) is 0.810. The summed E-state index contributed by atoms with van der Waals surface area (Å²) in [4.78, 5) is 9.91. The second-order valence-corrected chi connectivity index (χ2v) is 5.45. The van der Waals surface area contributed by atoms with Crippen molar-refractivity contribution in [2.24, 2.45) is 0 Å². The van der Waals surface area contributed by atoms with Crippen molar-refractivity contribution in [3.05, 3.63) is 24.0 Å². The summed E-state index contributed by atoms with van der Waals surface area (Å²) in [5.74, 6) is 0.587. The summed E-state index contributed by atoms with van der Waals surface area (Å²) in [7, 11) is 0. The summed E-state index contributed by atoms with van der Waals surface area (Å²) in [6.07, 6.45) is 0. The molecular formula is C13H17FN4. The summed E-state index contributed by atoms with van der Waals surface area (Å²) in [6, 6.07) is 4.63. The van der Waals surface area contributed by atoms with Crippen LogP contribution >= 0.6 is 0 Å². The van der Waals surface area contributed by atoms with E-state index in [-0.39, 0.29) is 11.4 Å². The molecule has 3 rings (SSSR count). The predicted octanol–water partition coefficient (Wildman–Crippen LogP) is 1.89. The first kappa shape index (κ1) is 11.5. The molecule has 18 heavy (non-hydrogen) atoms. The lowest BCUT2D eigenvalue weighted by Crippen LogP contribution is -2.57. The van der Waals surface area contributed by atoms with E-state index < -0.39 is 0 Å². The summed E-state index contributed by atoms with van der Waals surface area (Å²) in [5, 5.41) is 3.46. The maximum Gasteiger partial charge on any atom is 0.203 e. The van der Waals surface area contributed by atoms with Crippen LogP contribution in [0.3, 0.4) is 0 Å². The van der Waals surface area contributed by atoms with E-state index in [4.69, 9.17) is 0 Å². The molecule has 0 bridgehead atoms. The first-order valence-corrected chi connectivity index (χ1v) is 6.19. The van der Waals surface area contributed by atoms with Gasteiger partial charge in [-0.15, -0.1) is 0 Å². The van der Waals surface area contributed by atoms with Gasteiger partial charge in [0.05, 0.1) is 11.0 Å². The number of benzene rings is 1. The Hall–Kier alpha value is -1.62. The molecule has 5 heteroatoms. The number of anilines is 1. The van der Waals surface area contributed by atoms with Gasteiger partial charge >= 0.3 is 0 Å². The molecule has 0 unspecified atom stereocenters. The second kappa shape index (κ2) is 3.95. The maximum atomic E-state index is 13.1. The molecular weight excluding hydrogens is 231 g/mol.